The lowest BCUT2D eigenvalue weighted by molar-refractivity contribution is 0.199. The molecule has 2 N–H and O–H groups in total. The van der Waals surface area contributed by atoms with Crippen molar-refractivity contribution in [3.8, 4) is 0 Å². The van der Waals surface area contributed by atoms with Gasteiger partial charge in [-0.2, -0.15) is 0 Å². The van der Waals surface area contributed by atoms with Crippen LogP contribution in [0.5, 0.6) is 0 Å². The van der Waals surface area contributed by atoms with E-state index in [1.54, 1.807) is 32.2 Å². The normalized spacial score (nSPS) is 12.0. The average Bonchev–Trinajstić information content (AvgIpc) is 2.84. The highest BCUT2D eigenvalue weighted by atomic mass is 16.3. The van der Waals surface area contributed by atoms with Crippen LogP contribution in [0, 0.1) is 6.92 Å². The van der Waals surface area contributed by atoms with E-state index >= 15 is 0 Å². The highest BCUT2D eigenvalue weighted by molar-refractivity contribution is 5.89. The smallest absolute Gasteiger partial charge is 0.321 e. The van der Waals surface area contributed by atoms with Gasteiger partial charge in [0.2, 0.25) is 0 Å². The monoisotopic (exact) mass is 288 g/mol. The summed E-state index contributed by atoms with van der Waals surface area (Å²) in [4.78, 5) is 13.7. The number of anilines is 1. The maximum absolute atomic E-state index is 12.1. The molecule has 2 amide bonds. The summed E-state index contributed by atoms with van der Waals surface area (Å²) in [5.41, 5.74) is 1.41. The minimum atomic E-state index is -0.564. The first kappa shape index (κ1) is 15.1. The summed E-state index contributed by atoms with van der Waals surface area (Å²) in [6.45, 7) is 3.95. The van der Waals surface area contributed by atoms with Gasteiger partial charge in [-0.05, 0) is 43.7 Å². The topological polar surface area (TPSA) is 65.7 Å². The van der Waals surface area contributed by atoms with Crippen molar-refractivity contribution in [1.29, 1.82) is 0 Å². The number of aryl methyl sites for hydroxylation is 1. The Morgan fingerprint density at radius 3 is 2.76 bits per heavy atom. The maximum Gasteiger partial charge on any atom is 0.321 e. The number of nitrogens with one attached hydrogen (secondary N) is 1. The summed E-state index contributed by atoms with van der Waals surface area (Å²) in [6, 6.07) is 10.7. The number of urea groups is 1. The number of amides is 2. The molecule has 1 unspecified atom stereocenters. The second kappa shape index (κ2) is 6.45. The van der Waals surface area contributed by atoms with Gasteiger partial charge < -0.3 is 19.7 Å². The fraction of sp³-hybridized carbons (Fsp3) is 0.312. The molecule has 0 aliphatic carbocycles. The molecule has 0 spiro atoms. The number of rotatable bonds is 4. The Morgan fingerprint density at radius 1 is 1.38 bits per heavy atom. The Morgan fingerprint density at radius 2 is 2.14 bits per heavy atom. The summed E-state index contributed by atoms with van der Waals surface area (Å²) < 4.78 is 5.45. The molecule has 0 bridgehead atoms. The molecule has 5 nitrogen and oxygen atoms in total. The second-order valence-corrected chi connectivity index (χ2v) is 5.10. The molecule has 1 aromatic heterocycles. The minimum absolute atomic E-state index is 0.230. The SMILES string of the molecule is Cc1ccc(CN(C)C(=O)Nc2cccc(C(C)O)c2)o1. The average molecular weight is 288 g/mol. The number of aliphatic hydroxyl groups is 1. The van der Waals surface area contributed by atoms with Gasteiger partial charge in [-0.15, -0.1) is 0 Å². The molecule has 21 heavy (non-hydrogen) atoms. The van der Waals surface area contributed by atoms with Crippen LogP contribution < -0.4 is 5.32 Å². The van der Waals surface area contributed by atoms with E-state index in [1.807, 2.05) is 25.1 Å². The summed E-state index contributed by atoms with van der Waals surface area (Å²) in [6.07, 6.45) is -0.564. The first-order valence-corrected chi connectivity index (χ1v) is 6.81. The van der Waals surface area contributed by atoms with Crippen LogP contribution in [0.25, 0.3) is 0 Å². The van der Waals surface area contributed by atoms with Gasteiger partial charge in [0.1, 0.15) is 11.5 Å². The van der Waals surface area contributed by atoms with Crippen molar-refractivity contribution in [2.75, 3.05) is 12.4 Å². The van der Waals surface area contributed by atoms with Gasteiger partial charge in [0.05, 0.1) is 12.6 Å². The molecule has 1 heterocycles. The largest absolute Gasteiger partial charge is 0.464 e. The highest BCUT2D eigenvalue weighted by Crippen LogP contribution is 2.17. The molecule has 0 saturated carbocycles. The molecule has 1 atom stereocenters. The van der Waals surface area contributed by atoms with Crippen molar-refractivity contribution in [3.05, 3.63) is 53.5 Å². The standard InChI is InChI=1S/C16H20N2O3/c1-11-7-8-15(21-11)10-18(3)16(20)17-14-6-4-5-13(9-14)12(2)19/h4-9,12,19H,10H2,1-3H3,(H,17,20). The number of hydrogen-bond donors (Lipinski definition) is 2. The van der Waals surface area contributed by atoms with Crippen molar-refractivity contribution in [2.45, 2.75) is 26.5 Å². The number of nitrogens with zero attached hydrogens (tertiary/aromatic N) is 1. The lowest BCUT2D eigenvalue weighted by Crippen LogP contribution is -2.30. The van der Waals surface area contributed by atoms with Crippen molar-refractivity contribution < 1.29 is 14.3 Å². The van der Waals surface area contributed by atoms with Gasteiger partial charge in [0, 0.05) is 12.7 Å². The minimum Gasteiger partial charge on any atom is -0.464 e. The van der Waals surface area contributed by atoms with E-state index in [0.717, 1.165) is 17.1 Å². The third-order valence-corrected chi connectivity index (χ3v) is 3.16. The lowest BCUT2D eigenvalue weighted by atomic mass is 10.1. The zero-order chi connectivity index (χ0) is 15.4. The summed E-state index contributed by atoms with van der Waals surface area (Å²) in [5.74, 6) is 1.56. The molecule has 0 aliphatic rings. The lowest BCUT2D eigenvalue weighted by Gasteiger charge is -2.17. The molecule has 112 valence electrons. The molecule has 1 aromatic carbocycles. The van der Waals surface area contributed by atoms with E-state index in [9.17, 15) is 9.90 Å². The number of furan rings is 1. The Balaban J connectivity index is 1.98. The summed E-state index contributed by atoms with van der Waals surface area (Å²) >= 11 is 0. The van der Waals surface area contributed by atoms with Crippen molar-refractivity contribution in [2.24, 2.45) is 0 Å². The third-order valence-electron chi connectivity index (χ3n) is 3.16. The maximum atomic E-state index is 12.1. The first-order valence-electron chi connectivity index (χ1n) is 6.81. The molecule has 0 radical (unpaired) electrons. The molecule has 0 fully saturated rings. The molecule has 5 heteroatoms. The van der Waals surface area contributed by atoms with Crippen LogP contribution in [0.1, 0.15) is 30.1 Å². The highest BCUT2D eigenvalue weighted by Gasteiger charge is 2.12. The van der Waals surface area contributed by atoms with Gasteiger partial charge in [0.25, 0.3) is 0 Å². The molecule has 2 rings (SSSR count). The summed E-state index contributed by atoms with van der Waals surface area (Å²) in [7, 11) is 1.70. The van der Waals surface area contributed by atoms with Crippen molar-refractivity contribution in [1.82, 2.24) is 4.90 Å². The van der Waals surface area contributed by atoms with E-state index in [2.05, 4.69) is 5.32 Å². The van der Waals surface area contributed by atoms with Crippen LogP contribution in [0.3, 0.4) is 0 Å². The van der Waals surface area contributed by atoms with Crippen LogP contribution in [-0.2, 0) is 6.54 Å². The van der Waals surface area contributed by atoms with Gasteiger partial charge in [-0.3, -0.25) is 0 Å². The number of benzene rings is 1. The van der Waals surface area contributed by atoms with Gasteiger partial charge in [-0.25, -0.2) is 4.79 Å². The van der Waals surface area contributed by atoms with Crippen LogP contribution in [0.15, 0.2) is 40.8 Å². The van der Waals surface area contributed by atoms with Crippen molar-refractivity contribution >= 4 is 11.7 Å². The first-order chi connectivity index (χ1) is 9.95. The van der Waals surface area contributed by atoms with E-state index in [0.29, 0.717) is 12.2 Å². The predicted molar refractivity (Wildman–Crippen MR) is 81.0 cm³/mol. The fourth-order valence-corrected chi connectivity index (χ4v) is 1.97. The number of aliphatic hydroxyl groups excluding tert-OH is 1. The van der Waals surface area contributed by atoms with Crippen LogP contribution in [-0.4, -0.2) is 23.1 Å². The summed E-state index contributed by atoms with van der Waals surface area (Å²) in [5, 5.41) is 12.4. The van der Waals surface area contributed by atoms with Crippen LogP contribution in [0.2, 0.25) is 0 Å². The fourth-order valence-electron chi connectivity index (χ4n) is 1.97. The molecule has 0 aliphatic heterocycles. The van der Waals surface area contributed by atoms with E-state index in [4.69, 9.17) is 4.42 Å². The molecular formula is C16H20N2O3. The van der Waals surface area contributed by atoms with Gasteiger partial charge in [-0.1, -0.05) is 12.1 Å². The van der Waals surface area contributed by atoms with Crippen LogP contribution in [0.4, 0.5) is 10.5 Å². The van der Waals surface area contributed by atoms with Gasteiger partial charge in [0.15, 0.2) is 0 Å². The van der Waals surface area contributed by atoms with E-state index in [1.165, 1.54) is 4.90 Å². The zero-order valence-corrected chi connectivity index (χ0v) is 12.5. The predicted octanol–water partition coefficient (Wildman–Crippen LogP) is 3.31. The Bertz CT molecular complexity index is 619. The molecular weight excluding hydrogens is 268 g/mol. The van der Waals surface area contributed by atoms with E-state index < -0.39 is 6.10 Å². The molecule has 2 aromatic rings. The Kier molecular flexibility index (Phi) is 4.65. The number of carbonyl (C=O) groups is 1. The Labute approximate surface area is 124 Å². The molecule has 0 saturated heterocycles. The second-order valence-electron chi connectivity index (χ2n) is 5.10. The van der Waals surface area contributed by atoms with Crippen LogP contribution >= 0.6 is 0 Å². The van der Waals surface area contributed by atoms with Crippen molar-refractivity contribution in [3.63, 3.8) is 0 Å². The third kappa shape index (κ3) is 4.10. The zero-order valence-electron chi connectivity index (χ0n) is 12.5. The quantitative estimate of drug-likeness (QED) is 0.907. The van der Waals surface area contributed by atoms with Gasteiger partial charge >= 0.3 is 6.03 Å². The number of hydrogen-bond acceptors (Lipinski definition) is 3. The number of carbonyl (C=O) groups excluding carboxylic acids is 1. The Hall–Kier alpha value is -2.27. The van der Waals surface area contributed by atoms with E-state index in [-0.39, 0.29) is 6.03 Å².